The van der Waals surface area contributed by atoms with Crippen molar-refractivity contribution in [3.8, 4) is 11.5 Å². The summed E-state index contributed by atoms with van der Waals surface area (Å²) in [5.41, 5.74) is 1.83. The van der Waals surface area contributed by atoms with E-state index in [9.17, 15) is 4.79 Å². The molecule has 0 aliphatic carbocycles. The maximum atomic E-state index is 12.0. The van der Waals surface area contributed by atoms with Crippen LogP contribution in [0.15, 0.2) is 48.5 Å². The second-order valence-electron chi connectivity index (χ2n) is 5.52. The summed E-state index contributed by atoms with van der Waals surface area (Å²) in [5, 5.41) is 2.82. The van der Waals surface area contributed by atoms with Crippen LogP contribution in [0, 0.1) is 0 Å². The van der Waals surface area contributed by atoms with Gasteiger partial charge in [0.05, 0.1) is 6.61 Å². The molecular weight excluding hydrogens is 302 g/mol. The summed E-state index contributed by atoms with van der Waals surface area (Å²) in [7, 11) is 0. The van der Waals surface area contributed by atoms with Gasteiger partial charge in [0, 0.05) is 5.69 Å². The molecule has 24 heavy (non-hydrogen) atoms. The summed E-state index contributed by atoms with van der Waals surface area (Å²) in [6.45, 7) is 4.90. The summed E-state index contributed by atoms with van der Waals surface area (Å²) in [6, 6.07) is 15.1. The molecule has 0 fully saturated rings. The van der Waals surface area contributed by atoms with E-state index in [1.54, 1.807) is 0 Å². The topological polar surface area (TPSA) is 47.6 Å². The van der Waals surface area contributed by atoms with Crippen LogP contribution in [0.2, 0.25) is 0 Å². The lowest BCUT2D eigenvalue weighted by Gasteiger charge is -2.11. The zero-order chi connectivity index (χ0) is 17.2. The van der Waals surface area contributed by atoms with E-state index in [4.69, 9.17) is 9.47 Å². The molecule has 2 rings (SSSR count). The highest BCUT2D eigenvalue weighted by atomic mass is 16.5. The number of nitrogens with one attached hydrogen (secondary N) is 1. The Kier molecular flexibility index (Phi) is 7.15. The number of rotatable bonds is 9. The molecule has 0 spiro atoms. The molecule has 0 saturated heterocycles. The van der Waals surface area contributed by atoms with Crippen molar-refractivity contribution < 1.29 is 14.3 Å². The first kappa shape index (κ1) is 17.9. The molecule has 0 bridgehead atoms. The average Bonchev–Trinajstić information content (AvgIpc) is 2.62. The minimum absolute atomic E-state index is 0.00817. The molecule has 4 heteroatoms. The molecule has 0 aliphatic heterocycles. The summed E-state index contributed by atoms with van der Waals surface area (Å²) < 4.78 is 11.2. The Balaban J connectivity index is 1.81. The van der Waals surface area contributed by atoms with Gasteiger partial charge in [-0.2, -0.15) is 0 Å². The van der Waals surface area contributed by atoms with Crippen LogP contribution < -0.4 is 14.8 Å². The first-order valence-corrected chi connectivity index (χ1v) is 8.46. The van der Waals surface area contributed by atoms with E-state index in [1.807, 2.05) is 48.5 Å². The third-order valence-electron chi connectivity index (χ3n) is 3.62. The molecule has 0 atom stereocenters. The van der Waals surface area contributed by atoms with Gasteiger partial charge >= 0.3 is 0 Å². The highest BCUT2D eigenvalue weighted by Crippen LogP contribution is 2.19. The van der Waals surface area contributed by atoms with E-state index in [1.165, 1.54) is 0 Å². The van der Waals surface area contributed by atoms with Gasteiger partial charge in [0.2, 0.25) is 0 Å². The number of hydrogen-bond donors (Lipinski definition) is 1. The predicted octanol–water partition coefficient (Wildman–Crippen LogP) is 4.45. The fraction of sp³-hybridized carbons (Fsp3) is 0.350. The van der Waals surface area contributed by atoms with Crippen LogP contribution in [0.1, 0.15) is 32.3 Å². The number of benzene rings is 2. The molecule has 128 valence electrons. The Morgan fingerprint density at radius 1 is 1.00 bits per heavy atom. The Labute approximate surface area is 143 Å². The quantitative estimate of drug-likeness (QED) is 0.692. The zero-order valence-electron chi connectivity index (χ0n) is 14.4. The van der Waals surface area contributed by atoms with Gasteiger partial charge in [0.15, 0.2) is 6.61 Å². The van der Waals surface area contributed by atoms with Crippen LogP contribution in [-0.4, -0.2) is 19.1 Å². The van der Waals surface area contributed by atoms with Crippen molar-refractivity contribution in [2.75, 3.05) is 18.5 Å². The van der Waals surface area contributed by atoms with Crippen LogP contribution in [0.5, 0.6) is 11.5 Å². The van der Waals surface area contributed by atoms with Gasteiger partial charge in [0.1, 0.15) is 11.5 Å². The van der Waals surface area contributed by atoms with Crippen molar-refractivity contribution in [2.45, 2.75) is 33.1 Å². The normalized spacial score (nSPS) is 10.2. The van der Waals surface area contributed by atoms with Crippen molar-refractivity contribution in [1.82, 2.24) is 0 Å². The van der Waals surface area contributed by atoms with Crippen molar-refractivity contribution in [3.63, 3.8) is 0 Å². The van der Waals surface area contributed by atoms with E-state index < -0.39 is 0 Å². The Morgan fingerprint density at radius 2 is 1.75 bits per heavy atom. The van der Waals surface area contributed by atoms with Crippen LogP contribution in [0.4, 0.5) is 5.69 Å². The molecule has 4 nitrogen and oxygen atoms in total. The Bertz CT molecular complexity index is 638. The molecular formula is C20H25NO3. The summed E-state index contributed by atoms with van der Waals surface area (Å²) in [6.07, 6.45) is 3.02. The first-order valence-electron chi connectivity index (χ1n) is 8.46. The highest BCUT2D eigenvalue weighted by Gasteiger charge is 2.06. The number of aryl methyl sites for hydroxylation is 1. The summed E-state index contributed by atoms with van der Waals surface area (Å²) in [4.78, 5) is 12.0. The van der Waals surface area contributed by atoms with E-state index in [0.29, 0.717) is 6.61 Å². The largest absolute Gasteiger partial charge is 0.494 e. The third kappa shape index (κ3) is 5.61. The number of para-hydroxylation sites is 1. The number of hydrogen-bond acceptors (Lipinski definition) is 3. The smallest absolute Gasteiger partial charge is 0.262 e. The van der Waals surface area contributed by atoms with E-state index >= 15 is 0 Å². The summed E-state index contributed by atoms with van der Waals surface area (Å²) >= 11 is 0. The van der Waals surface area contributed by atoms with Gasteiger partial charge in [-0.3, -0.25) is 4.79 Å². The van der Waals surface area contributed by atoms with Crippen molar-refractivity contribution in [3.05, 3.63) is 54.1 Å². The van der Waals surface area contributed by atoms with Gasteiger partial charge in [-0.1, -0.05) is 38.5 Å². The lowest BCUT2D eigenvalue weighted by atomic mass is 10.1. The average molecular weight is 327 g/mol. The van der Waals surface area contributed by atoms with E-state index in [-0.39, 0.29) is 12.5 Å². The molecule has 1 amide bonds. The SMILES string of the molecule is CCCCOc1ccc(NC(=O)COc2ccccc2CC)cc1. The molecule has 0 unspecified atom stereocenters. The van der Waals surface area contributed by atoms with Crippen LogP contribution in [-0.2, 0) is 11.2 Å². The molecule has 0 heterocycles. The van der Waals surface area contributed by atoms with Crippen molar-refractivity contribution in [1.29, 1.82) is 0 Å². The first-order chi connectivity index (χ1) is 11.7. The van der Waals surface area contributed by atoms with Gasteiger partial charge in [-0.05, 0) is 48.7 Å². The number of ether oxygens (including phenoxy) is 2. The second kappa shape index (κ2) is 9.60. The number of amides is 1. The van der Waals surface area contributed by atoms with Gasteiger partial charge < -0.3 is 14.8 Å². The molecule has 2 aromatic carbocycles. The monoisotopic (exact) mass is 327 g/mol. The highest BCUT2D eigenvalue weighted by molar-refractivity contribution is 5.91. The van der Waals surface area contributed by atoms with Gasteiger partial charge in [-0.15, -0.1) is 0 Å². The maximum absolute atomic E-state index is 12.0. The molecule has 0 radical (unpaired) electrons. The van der Waals surface area contributed by atoms with E-state index in [2.05, 4.69) is 19.2 Å². The van der Waals surface area contributed by atoms with Crippen LogP contribution in [0.3, 0.4) is 0 Å². The third-order valence-corrected chi connectivity index (χ3v) is 3.62. The van der Waals surface area contributed by atoms with Crippen molar-refractivity contribution >= 4 is 11.6 Å². The predicted molar refractivity (Wildman–Crippen MR) is 96.8 cm³/mol. The van der Waals surface area contributed by atoms with Crippen LogP contribution in [0.25, 0.3) is 0 Å². The molecule has 1 N–H and O–H groups in total. The molecule has 0 aliphatic rings. The lowest BCUT2D eigenvalue weighted by Crippen LogP contribution is -2.20. The minimum atomic E-state index is -0.180. The Morgan fingerprint density at radius 3 is 2.46 bits per heavy atom. The fourth-order valence-electron chi connectivity index (χ4n) is 2.25. The fourth-order valence-corrected chi connectivity index (χ4v) is 2.25. The number of carbonyl (C=O) groups excluding carboxylic acids is 1. The number of unbranched alkanes of at least 4 members (excludes halogenated alkanes) is 1. The molecule has 0 saturated carbocycles. The van der Waals surface area contributed by atoms with Gasteiger partial charge in [-0.25, -0.2) is 0 Å². The van der Waals surface area contributed by atoms with E-state index in [0.717, 1.165) is 42.0 Å². The molecule has 2 aromatic rings. The maximum Gasteiger partial charge on any atom is 0.262 e. The standard InChI is InChI=1S/C20H25NO3/c1-3-5-14-23-18-12-10-17(11-13-18)21-20(22)15-24-19-9-7-6-8-16(19)4-2/h6-13H,3-5,14-15H2,1-2H3,(H,21,22). The van der Waals surface area contributed by atoms with Gasteiger partial charge in [0.25, 0.3) is 5.91 Å². The second-order valence-corrected chi connectivity index (χ2v) is 5.52. The Hall–Kier alpha value is -2.49. The van der Waals surface area contributed by atoms with Crippen LogP contribution >= 0.6 is 0 Å². The number of carbonyl (C=O) groups is 1. The number of anilines is 1. The lowest BCUT2D eigenvalue weighted by molar-refractivity contribution is -0.118. The van der Waals surface area contributed by atoms with Crippen molar-refractivity contribution in [2.24, 2.45) is 0 Å². The summed E-state index contributed by atoms with van der Waals surface area (Å²) in [5.74, 6) is 1.39. The zero-order valence-corrected chi connectivity index (χ0v) is 14.4. The molecule has 0 aromatic heterocycles. The minimum Gasteiger partial charge on any atom is -0.494 e.